The van der Waals surface area contributed by atoms with Crippen molar-refractivity contribution in [3.05, 3.63) is 17.0 Å². The number of hydrogen-bond acceptors (Lipinski definition) is 5. The van der Waals surface area contributed by atoms with Crippen molar-refractivity contribution in [1.82, 2.24) is 10.0 Å². The van der Waals surface area contributed by atoms with Crippen molar-refractivity contribution in [2.24, 2.45) is 0 Å². The molecule has 112 valence electrons. The minimum atomic E-state index is -3.66. The van der Waals surface area contributed by atoms with Crippen LogP contribution in [0.4, 0.5) is 0 Å². The summed E-state index contributed by atoms with van der Waals surface area (Å²) in [6, 6.07) is 3.15. The molecule has 0 aromatic carbocycles. The Labute approximate surface area is 121 Å². The SMILES string of the molecule is CC(=O)NCCc1ccc(S(=O)(=O)NCCC(=O)O)s1. The Kier molecular flexibility index (Phi) is 6.11. The summed E-state index contributed by atoms with van der Waals surface area (Å²) in [6.07, 6.45) is 0.287. The van der Waals surface area contributed by atoms with Crippen molar-refractivity contribution in [3.8, 4) is 0 Å². The van der Waals surface area contributed by atoms with E-state index in [4.69, 9.17) is 5.11 Å². The second-order valence-corrected chi connectivity index (χ2v) is 7.16. The highest BCUT2D eigenvalue weighted by atomic mass is 32.2. The van der Waals surface area contributed by atoms with Gasteiger partial charge in [-0.05, 0) is 18.6 Å². The van der Waals surface area contributed by atoms with Gasteiger partial charge in [-0.2, -0.15) is 0 Å². The summed E-state index contributed by atoms with van der Waals surface area (Å²) in [5.74, 6) is -1.19. The van der Waals surface area contributed by atoms with Crippen LogP contribution in [-0.2, 0) is 26.0 Å². The Morgan fingerprint density at radius 2 is 2.00 bits per heavy atom. The van der Waals surface area contributed by atoms with E-state index in [0.717, 1.165) is 16.2 Å². The van der Waals surface area contributed by atoms with Crippen LogP contribution in [0, 0.1) is 0 Å². The van der Waals surface area contributed by atoms with E-state index in [1.54, 1.807) is 6.07 Å². The molecule has 9 heteroatoms. The monoisotopic (exact) mass is 320 g/mol. The second-order valence-electron chi connectivity index (χ2n) is 4.00. The minimum absolute atomic E-state index is 0.135. The van der Waals surface area contributed by atoms with Crippen molar-refractivity contribution >= 4 is 33.2 Å². The van der Waals surface area contributed by atoms with Crippen LogP contribution in [0.1, 0.15) is 18.2 Å². The van der Waals surface area contributed by atoms with E-state index in [1.807, 2.05) is 0 Å². The van der Waals surface area contributed by atoms with Crippen molar-refractivity contribution in [2.75, 3.05) is 13.1 Å². The van der Waals surface area contributed by atoms with Crippen LogP contribution >= 0.6 is 11.3 Å². The first kappa shape index (κ1) is 16.6. The number of carbonyl (C=O) groups excluding carboxylic acids is 1. The summed E-state index contributed by atoms with van der Waals surface area (Å²) in [6.45, 7) is 1.72. The Morgan fingerprint density at radius 3 is 2.60 bits per heavy atom. The van der Waals surface area contributed by atoms with Gasteiger partial charge in [0.1, 0.15) is 4.21 Å². The van der Waals surface area contributed by atoms with Crippen LogP contribution in [0.3, 0.4) is 0 Å². The number of aliphatic carboxylic acids is 1. The van der Waals surface area contributed by atoms with E-state index in [0.29, 0.717) is 13.0 Å². The zero-order valence-electron chi connectivity index (χ0n) is 10.9. The van der Waals surface area contributed by atoms with E-state index in [-0.39, 0.29) is 23.1 Å². The number of sulfonamides is 1. The first-order chi connectivity index (χ1) is 9.31. The third kappa shape index (κ3) is 5.68. The molecule has 0 spiro atoms. The van der Waals surface area contributed by atoms with Crippen LogP contribution in [0.15, 0.2) is 16.3 Å². The van der Waals surface area contributed by atoms with E-state index < -0.39 is 16.0 Å². The number of carboxylic acids is 1. The van der Waals surface area contributed by atoms with Crippen molar-refractivity contribution in [2.45, 2.75) is 24.0 Å². The molecule has 7 nitrogen and oxygen atoms in total. The lowest BCUT2D eigenvalue weighted by molar-refractivity contribution is -0.136. The van der Waals surface area contributed by atoms with Gasteiger partial charge in [0.05, 0.1) is 6.42 Å². The Hall–Kier alpha value is -1.45. The molecule has 0 fully saturated rings. The standard InChI is InChI=1S/C11H16N2O5S2/c1-8(14)12-6-4-9-2-3-11(19-9)20(17,18)13-7-5-10(15)16/h2-3,13H,4-7H2,1H3,(H,12,14)(H,15,16). The first-order valence-electron chi connectivity index (χ1n) is 5.86. The molecule has 1 aromatic rings. The number of carboxylic acid groups (broad SMARTS) is 1. The predicted molar refractivity (Wildman–Crippen MR) is 74.1 cm³/mol. The number of carbonyl (C=O) groups is 2. The Balaban J connectivity index is 2.56. The molecule has 1 aromatic heterocycles. The zero-order chi connectivity index (χ0) is 15.2. The molecule has 1 rings (SSSR count). The molecule has 0 saturated carbocycles. The first-order valence-corrected chi connectivity index (χ1v) is 8.16. The molecular weight excluding hydrogens is 304 g/mol. The highest BCUT2D eigenvalue weighted by Crippen LogP contribution is 2.21. The van der Waals surface area contributed by atoms with Crippen LogP contribution in [0.25, 0.3) is 0 Å². The predicted octanol–water partition coefficient (Wildman–Crippen LogP) is 0.180. The van der Waals surface area contributed by atoms with Gasteiger partial charge in [0, 0.05) is 24.9 Å². The van der Waals surface area contributed by atoms with Crippen molar-refractivity contribution < 1.29 is 23.1 Å². The molecule has 20 heavy (non-hydrogen) atoms. The number of nitrogens with one attached hydrogen (secondary N) is 2. The number of rotatable bonds is 8. The topological polar surface area (TPSA) is 113 Å². The van der Waals surface area contributed by atoms with Gasteiger partial charge in [0.15, 0.2) is 0 Å². The lowest BCUT2D eigenvalue weighted by atomic mass is 10.3. The fourth-order valence-electron chi connectivity index (χ4n) is 1.36. The molecule has 0 aliphatic carbocycles. The van der Waals surface area contributed by atoms with Crippen LogP contribution in [0.2, 0.25) is 0 Å². The van der Waals surface area contributed by atoms with Gasteiger partial charge in [-0.3, -0.25) is 9.59 Å². The van der Waals surface area contributed by atoms with Crippen molar-refractivity contribution in [1.29, 1.82) is 0 Å². The van der Waals surface area contributed by atoms with Gasteiger partial charge < -0.3 is 10.4 Å². The van der Waals surface area contributed by atoms with E-state index in [9.17, 15) is 18.0 Å². The molecule has 0 atom stereocenters. The summed E-state index contributed by atoms with van der Waals surface area (Å²) < 4.78 is 26.1. The normalized spacial score (nSPS) is 11.2. The molecule has 1 heterocycles. The lowest BCUT2D eigenvalue weighted by Gasteiger charge is -2.02. The van der Waals surface area contributed by atoms with Crippen LogP contribution in [-0.4, -0.2) is 38.5 Å². The van der Waals surface area contributed by atoms with Crippen LogP contribution < -0.4 is 10.0 Å². The number of hydrogen-bond donors (Lipinski definition) is 3. The fourth-order valence-corrected chi connectivity index (χ4v) is 3.79. The minimum Gasteiger partial charge on any atom is -0.481 e. The van der Waals surface area contributed by atoms with Gasteiger partial charge in [0.25, 0.3) is 0 Å². The molecule has 0 aliphatic heterocycles. The maximum Gasteiger partial charge on any atom is 0.304 e. The summed E-state index contributed by atoms with van der Waals surface area (Å²) in [5, 5.41) is 11.1. The molecule has 0 bridgehead atoms. The molecule has 0 saturated heterocycles. The molecule has 0 aliphatic rings. The molecule has 0 unspecified atom stereocenters. The van der Waals surface area contributed by atoms with Crippen molar-refractivity contribution in [3.63, 3.8) is 0 Å². The van der Waals surface area contributed by atoms with Gasteiger partial charge in [-0.15, -0.1) is 11.3 Å². The average molecular weight is 320 g/mol. The Bertz CT molecular complexity index is 579. The maximum atomic E-state index is 11.8. The Morgan fingerprint density at radius 1 is 1.30 bits per heavy atom. The summed E-state index contributed by atoms with van der Waals surface area (Å²) >= 11 is 1.10. The number of amides is 1. The van der Waals surface area contributed by atoms with E-state index in [2.05, 4.69) is 10.0 Å². The molecule has 1 amide bonds. The van der Waals surface area contributed by atoms with Crippen LogP contribution in [0.5, 0.6) is 0 Å². The van der Waals surface area contributed by atoms with Gasteiger partial charge in [-0.1, -0.05) is 0 Å². The summed E-state index contributed by atoms with van der Waals surface area (Å²) in [5.41, 5.74) is 0. The molecule has 3 N–H and O–H groups in total. The van der Waals surface area contributed by atoms with E-state index in [1.165, 1.54) is 13.0 Å². The zero-order valence-corrected chi connectivity index (χ0v) is 12.5. The fraction of sp³-hybridized carbons (Fsp3) is 0.455. The third-order valence-electron chi connectivity index (χ3n) is 2.28. The van der Waals surface area contributed by atoms with E-state index >= 15 is 0 Å². The summed E-state index contributed by atoms with van der Waals surface area (Å²) in [7, 11) is -3.66. The highest BCUT2D eigenvalue weighted by Gasteiger charge is 2.16. The summed E-state index contributed by atoms with van der Waals surface area (Å²) in [4.78, 5) is 21.9. The second kappa shape index (κ2) is 7.36. The molecular formula is C11H16N2O5S2. The average Bonchev–Trinajstić information content (AvgIpc) is 2.77. The van der Waals surface area contributed by atoms with Gasteiger partial charge in [-0.25, -0.2) is 13.1 Å². The quantitative estimate of drug-likeness (QED) is 0.632. The smallest absolute Gasteiger partial charge is 0.304 e. The highest BCUT2D eigenvalue weighted by molar-refractivity contribution is 7.91. The van der Waals surface area contributed by atoms with Gasteiger partial charge in [0.2, 0.25) is 15.9 Å². The maximum absolute atomic E-state index is 11.8. The lowest BCUT2D eigenvalue weighted by Crippen LogP contribution is -2.25. The van der Waals surface area contributed by atoms with Gasteiger partial charge >= 0.3 is 5.97 Å². The largest absolute Gasteiger partial charge is 0.481 e. The molecule has 0 radical (unpaired) electrons. The third-order valence-corrected chi connectivity index (χ3v) is 5.38. The number of thiophene rings is 1.